The van der Waals surface area contributed by atoms with Crippen LogP contribution in [0.3, 0.4) is 0 Å². The molecule has 0 amide bonds. The molecule has 0 fully saturated rings. The number of hydrogen-bond donors (Lipinski definition) is 0. The largest absolute Gasteiger partial charge is 0.290 e. The van der Waals surface area contributed by atoms with E-state index in [-0.39, 0.29) is 5.78 Å². The van der Waals surface area contributed by atoms with Gasteiger partial charge in [0.05, 0.1) is 0 Å². The maximum atomic E-state index is 12.3. The SMILES string of the molecule is CC(C)=CC(=O)/C(=C/c1ccccc1)C[Si](C)(C)C. The summed E-state index contributed by atoms with van der Waals surface area (Å²) in [6.45, 7) is 10.8. The molecule has 0 saturated heterocycles. The molecule has 1 rings (SSSR count). The normalized spacial score (nSPS) is 12.2. The van der Waals surface area contributed by atoms with Crippen LogP contribution in [0.25, 0.3) is 6.08 Å². The molecule has 1 aromatic rings. The van der Waals surface area contributed by atoms with Crippen LogP contribution in [-0.2, 0) is 4.79 Å². The summed E-state index contributed by atoms with van der Waals surface area (Å²) in [6, 6.07) is 11.0. The second kappa shape index (κ2) is 6.67. The zero-order chi connectivity index (χ0) is 14.5. The minimum absolute atomic E-state index is 0.159. The second-order valence-electron chi connectivity index (χ2n) is 6.40. The van der Waals surface area contributed by atoms with E-state index in [0.29, 0.717) is 0 Å². The standard InChI is InChI=1S/C17H24OSi/c1-14(2)11-17(18)16(13-19(3,4)5)12-15-9-7-6-8-10-15/h6-12H,13H2,1-5H3/b16-12+. The molecule has 0 unspecified atom stereocenters. The maximum Gasteiger partial charge on any atom is 0.181 e. The maximum absolute atomic E-state index is 12.3. The predicted octanol–water partition coefficient (Wildman–Crippen LogP) is 4.94. The Morgan fingerprint density at radius 1 is 1.11 bits per heavy atom. The van der Waals surface area contributed by atoms with Crippen molar-refractivity contribution in [1.82, 2.24) is 0 Å². The zero-order valence-corrected chi connectivity index (χ0v) is 13.7. The van der Waals surface area contributed by atoms with Gasteiger partial charge in [-0.05, 0) is 43.2 Å². The van der Waals surface area contributed by atoms with Gasteiger partial charge in [-0.2, -0.15) is 0 Å². The Morgan fingerprint density at radius 2 is 1.68 bits per heavy atom. The van der Waals surface area contributed by atoms with Gasteiger partial charge >= 0.3 is 0 Å². The van der Waals surface area contributed by atoms with Crippen molar-refractivity contribution in [3.63, 3.8) is 0 Å². The summed E-state index contributed by atoms with van der Waals surface area (Å²) in [6.07, 6.45) is 3.79. The molecular weight excluding hydrogens is 248 g/mol. The third-order valence-corrected chi connectivity index (χ3v) is 4.04. The first-order valence-corrected chi connectivity index (χ1v) is 10.4. The number of rotatable bonds is 5. The molecule has 0 atom stereocenters. The fourth-order valence-corrected chi connectivity index (χ4v) is 3.30. The topological polar surface area (TPSA) is 17.1 Å². The summed E-state index contributed by atoms with van der Waals surface area (Å²) in [5.74, 6) is 0.159. The van der Waals surface area contributed by atoms with Gasteiger partial charge in [0.1, 0.15) is 0 Å². The van der Waals surface area contributed by atoms with Gasteiger partial charge in [0, 0.05) is 8.07 Å². The highest BCUT2D eigenvalue weighted by atomic mass is 28.3. The van der Waals surface area contributed by atoms with Gasteiger partial charge in [-0.15, -0.1) is 0 Å². The van der Waals surface area contributed by atoms with E-state index in [1.807, 2.05) is 50.3 Å². The van der Waals surface area contributed by atoms with Crippen molar-refractivity contribution in [3.8, 4) is 0 Å². The van der Waals surface area contributed by atoms with Crippen molar-refractivity contribution in [2.45, 2.75) is 39.5 Å². The molecule has 0 N–H and O–H groups in total. The summed E-state index contributed by atoms with van der Waals surface area (Å²) in [4.78, 5) is 12.3. The van der Waals surface area contributed by atoms with E-state index in [2.05, 4.69) is 19.6 Å². The van der Waals surface area contributed by atoms with Crippen LogP contribution in [0.1, 0.15) is 19.4 Å². The number of allylic oxidation sites excluding steroid dienone is 3. The van der Waals surface area contributed by atoms with E-state index >= 15 is 0 Å². The predicted molar refractivity (Wildman–Crippen MR) is 87.0 cm³/mol. The Balaban J connectivity index is 3.09. The van der Waals surface area contributed by atoms with E-state index in [1.165, 1.54) is 0 Å². The molecule has 1 nitrogen and oxygen atoms in total. The molecule has 0 aliphatic rings. The quantitative estimate of drug-likeness (QED) is 0.548. The van der Waals surface area contributed by atoms with Crippen LogP contribution in [0, 0.1) is 0 Å². The first kappa shape index (κ1) is 15.6. The van der Waals surface area contributed by atoms with Gasteiger partial charge in [0.25, 0.3) is 0 Å². The summed E-state index contributed by atoms with van der Waals surface area (Å²) in [5.41, 5.74) is 3.09. The van der Waals surface area contributed by atoms with Gasteiger partial charge in [-0.3, -0.25) is 4.79 Å². The van der Waals surface area contributed by atoms with Gasteiger partial charge in [0.15, 0.2) is 5.78 Å². The molecule has 0 heterocycles. The molecule has 2 heteroatoms. The van der Waals surface area contributed by atoms with Crippen LogP contribution in [0.15, 0.2) is 47.6 Å². The lowest BCUT2D eigenvalue weighted by Gasteiger charge is -2.17. The molecule has 0 saturated carbocycles. The molecule has 102 valence electrons. The van der Waals surface area contributed by atoms with Crippen LogP contribution in [0.5, 0.6) is 0 Å². The van der Waals surface area contributed by atoms with Crippen molar-refractivity contribution in [1.29, 1.82) is 0 Å². The lowest BCUT2D eigenvalue weighted by Crippen LogP contribution is -2.22. The van der Waals surface area contributed by atoms with E-state index < -0.39 is 8.07 Å². The van der Waals surface area contributed by atoms with Gasteiger partial charge in [0.2, 0.25) is 0 Å². The number of carbonyl (C=O) groups excluding carboxylic acids is 1. The highest BCUT2D eigenvalue weighted by molar-refractivity contribution is 6.77. The van der Waals surface area contributed by atoms with Crippen LogP contribution >= 0.6 is 0 Å². The van der Waals surface area contributed by atoms with Gasteiger partial charge in [-0.1, -0.05) is 55.5 Å². The molecule has 0 aliphatic carbocycles. The molecule has 19 heavy (non-hydrogen) atoms. The van der Waals surface area contributed by atoms with Crippen LogP contribution in [-0.4, -0.2) is 13.9 Å². The average Bonchev–Trinajstić information content (AvgIpc) is 2.26. The molecule has 0 spiro atoms. The lowest BCUT2D eigenvalue weighted by molar-refractivity contribution is -0.111. The highest BCUT2D eigenvalue weighted by Crippen LogP contribution is 2.20. The Morgan fingerprint density at radius 3 is 2.16 bits per heavy atom. The van der Waals surface area contributed by atoms with E-state index in [4.69, 9.17) is 0 Å². The number of carbonyl (C=O) groups is 1. The van der Waals surface area contributed by atoms with Crippen molar-refractivity contribution in [2.24, 2.45) is 0 Å². The van der Waals surface area contributed by atoms with Crippen molar-refractivity contribution in [3.05, 3.63) is 53.1 Å². The fourth-order valence-electron chi connectivity index (χ4n) is 1.89. The summed E-state index contributed by atoms with van der Waals surface area (Å²) < 4.78 is 0. The van der Waals surface area contributed by atoms with Crippen molar-refractivity contribution in [2.75, 3.05) is 0 Å². The Bertz CT molecular complexity index is 486. The summed E-state index contributed by atoms with van der Waals surface area (Å²) >= 11 is 0. The molecular formula is C17H24OSi. The Labute approximate surface area is 118 Å². The minimum Gasteiger partial charge on any atom is -0.290 e. The molecule has 0 aliphatic heterocycles. The smallest absolute Gasteiger partial charge is 0.181 e. The summed E-state index contributed by atoms with van der Waals surface area (Å²) in [5, 5.41) is 0. The second-order valence-corrected chi connectivity index (χ2v) is 11.9. The highest BCUT2D eigenvalue weighted by Gasteiger charge is 2.19. The van der Waals surface area contributed by atoms with E-state index in [0.717, 1.165) is 22.8 Å². The van der Waals surface area contributed by atoms with Gasteiger partial charge in [-0.25, -0.2) is 0 Å². The number of hydrogen-bond acceptors (Lipinski definition) is 1. The van der Waals surface area contributed by atoms with Crippen molar-refractivity contribution >= 4 is 19.9 Å². The van der Waals surface area contributed by atoms with E-state index in [9.17, 15) is 4.79 Å². The van der Waals surface area contributed by atoms with Crippen LogP contribution < -0.4 is 0 Å². The number of ketones is 1. The monoisotopic (exact) mass is 272 g/mol. The molecule has 1 aromatic carbocycles. The fraction of sp³-hybridized carbons (Fsp3) is 0.353. The molecule has 0 radical (unpaired) electrons. The number of benzene rings is 1. The molecule has 0 aromatic heterocycles. The third kappa shape index (κ3) is 6.34. The van der Waals surface area contributed by atoms with Crippen LogP contribution in [0.2, 0.25) is 25.7 Å². The van der Waals surface area contributed by atoms with Crippen LogP contribution in [0.4, 0.5) is 0 Å². The lowest BCUT2D eigenvalue weighted by atomic mass is 10.1. The zero-order valence-electron chi connectivity index (χ0n) is 12.7. The van der Waals surface area contributed by atoms with Crippen molar-refractivity contribution < 1.29 is 4.79 Å². The Kier molecular flexibility index (Phi) is 5.49. The molecule has 0 bridgehead atoms. The average molecular weight is 272 g/mol. The van der Waals surface area contributed by atoms with Gasteiger partial charge < -0.3 is 0 Å². The first-order valence-electron chi connectivity index (χ1n) is 6.73. The summed E-state index contributed by atoms with van der Waals surface area (Å²) in [7, 11) is -1.31. The van der Waals surface area contributed by atoms with E-state index in [1.54, 1.807) is 6.08 Å². The Hall–Kier alpha value is -1.41. The third-order valence-electron chi connectivity index (χ3n) is 2.60. The minimum atomic E-state index is -1.31. The first-order chi connectivity index (χ1) is 8.78.